The van der Waals surface area contributed by atoms with Crippen molar-refractivity contribution in [3.8, 4) is 0 Å². The van der Waals surface area contributed by atoms with E-state index in [1.54, 1.807) is 24.0 Å². The smallest absolute Gasteiger partial charge is 0.137 e. The van der Waals surface area contributed by atoms with E-state index in [0.717, 1.165) is 13.1 Å². The first kappa shape index (κ1) is 13.0. The third-order valence-corrected chi connectivity index (χ3v) is 4.02. The summed E-state index contributed by atoms with van der Waals surface area (Å²) in [5.41, 5.74) is 1.26. The zero-order valence-corrected chi connectivity index (χ0v) is 11.8. The number of hydrogen-bond acceptors (Lipinski definition) is 4. The maximum atomic E-state index is 4.19. The second-order valence-electron chi connectivity index (χ2n) is 4.54. The van der Waals surface area contributed by atoms with Crippen molar-refractivity contribution in [1.82, 2.24) is 20.1 Å². The quantitative estimate of drug-likeness (QED) is 0.757. The number of thiophene rings is 1. The first-order valence-corrected chi connectivity index (χ1v) is 7.43. The molecule has 0 spiro atoms. The van der Waals surface area contributed by atoms with Gasteiger partial charge in [0.15, 0.2) is 0 Å². The number of nitrogens with one attached hydrogen (secondary N) is 1. The molecule has 1 N–H and O–H groups in total. The molecule has 0 saturated carbocycles. The van der Waals surface area contributed by atoms with Crippen molar-refractivity contribution in [1.29, 1.82) is 0 Å². The van der Waals surface area contributed by atoms with Crippen LogP contribution < -0.4 is 5.32 Å². The van der Waals surface area contributed by atoms with Crippen LogP contribution in [0.3, 0.4) is 0 Å². The lowest BCUT2D eigenvalue weighted by Gasteiger charge is -2.18. The Morgan fingerprint density at radius 3 is 2.75 bits per heavy atom. The molecule has 1 unspecified atom stereocenters. The van der Waals surface area contributed by atoms with Crippen LogP contribution in [-0.2, 0) is 13.1 Å². The third kappa shape index (κ3) is 3.31. The molecule has 0 aliphatic heterocycles. The molecule has 0 radical (unpaired) electrons. The van der Waals surface area contributed by atoms with Gasteiger partial charge in [-0.1, -0.05) is 36.4 Å². The first-order chi connectivity index (χ1) is 9.92. The molecule has 0 saturated heterocycles. The molecule has 20 heavy (non-hydrogen) atoms. The minimum Gasteiger partial charge on any atom is -0.303 e. The van der Waals surface area contributed by atoms with E-state index < -0.39 is 0 Å². The second kappa shape index (κ2) is 6.45. The predicted octanol–water partition coefficient (Wildman–Crippen LogP) is 2.87. The Balaban J connectivity index is 1.73. The normalized spacial score (nSPS) is 12.4. The lowest BCUT2D eigenvalue weighted by atomic mass is 10.1. The maximum Gasteiger partial charge on any atom is 0.137 e. The SMILES string of the molecule is c1ccc(C(Cn2cncn2)NCc2cccs2)cc1. The molecular formula is C15H16N4S. The van der Waals surface area contributed by atoms with Gasteiger partial charge in [0.25, 0.3) is 0 Å². The van der Waals surface area contributed by atoms with Crippen LogP contribution in [0.15, 0.2) is 60.5 Å². The minimum atomic E-state index is 0.222. The molecule has 3 aromatic rings. The summed E-state index contributed by atoms with van der Waals surface area (Å²) in [4.78, 5) is 5.34. The molecule has 0 bridgehead atoms. The molecule has 0 aliphatic carbocycles. The van der Waals surface area contributed by atoms with Gasteiger partial charge >= 0.3 is 0 Å². The van der Waals surface area contributed by atoms with Crippen LogP contribution in [0.5, 0.6) is 0 Å². The summed E-state index contributed by atoms with van der Waals surface area (Å²) < 4.78 is 1.86. The second-order valence-corrected chi connectivity index (χ2v) is 5.57. The Bertz CT molecular complexity index is 605. The van der Waals surface area contributed by atoms with Gasteiger partial charge in [-0.15, -0.1) is 11.3 Å². The number of aromatic nitrogens is 3. The van der Waals surface area contributed by atoms with E-state index >= 15 is 0 Å². The highest BCUT2D eigenvalue weighted by molar-refractivity contribution is 7.09. The van der Waals surface area contributed by atoms with Crippen LogP contribution in [0.2, 0.25) is 0 Å². The average molecular weight is 284 g/mol. The zero-order valence-electron chi connectivity index (χ0n) is 11.0. The Morgan fingerprint density at radius 2 is 2.05 bits per heavy atom. The van der Waals surface area contributed by atoms with E-state index in [9.17, 15) is 0 Å². The number of nitrogens with zero attached hydrogens (tertiary/aromatic N) is 3. The van der Waals surface area contributed by atoms with Gasteiger partial charge in [-0.25, -0.2) is 4.98 Å². The average Bonchev–Trinajstić information content (AvgIpc) is 3.18. The number of hydrogen-bond donors (Lipinski definition) is 1. The van der Waals surface area contributed by atoms with Crippen molar-refractivity contribution in [3.05, 3.63) is 70.9 Å². The van der Waals surface area contributed by atoms with Gasteiger partial charge in [-0.3, -0.25) is 4.68 Å². The Hall–Kier alpha value is -1.98. The highest BCUT2D eigenvalue weighted by Crippen LogP contribution is 2.16. The van der Waals surface area contributed by atoms with E-state index in [1.165, 1.54) is 10.4 Å². The van der Waals surface area contributed by atoms with E-state index in [0.29, 0.717) is 0 Å². The summed E-state index contributed by atoms with van der Waals surface area (Å²) in [6.07, 6.45) is 3.32. The first-order valence-electron chi connectivity index (χ1n) is 6.55. The lowest BCUT2D eigenvalue weighted by molar-refractivity contribution is 0.438. The van der Waals surface area contributed by atoms with Crippen molar-refractivity contribution in [3.63, 3.8) is 0 Å². The topological polar surface area (TPSA) is 42.7 Å². The third-order valence-electron chi connectivity index (χ3n) is 3.14. The van der Waals surface area contributed by atoms with Gasteiger partial charge in [-0.05, 0) is 17.0 Å². The fourth-order valence-electron chi connectivity index (χ4n) is 2.12. The lowest BCUT2D eigenvalue weighted by Crippen LogP contribution is -2.25. The van der Waals surface area contributed by atoms with Crippen LogP contribution in [0.1, 0.15) is 16.5 Å². The van der Waals surface area contributed by atoms with Gasteiger partial charge in [-0.2, -0.15) is 5.10 Å². The van der Waals surface area contributed by atoms with Gasteiger partial charge in [0.2, 0.25) is 0 Å². The molecule has 1 aromatic carbocycles. The molecule has 2 aromatic heterocycles. The van der Waals surface area contributed by atoms with Gasteiger partial charge in [0.05, 0.1) is 12.6 Å². The minimum absolute atomic E-state index is 0.222. The standard InChI is InChI=1S/C15H16N4S/c1-2-5-13(6-3-1)15(10-19-12-16-11-18-19)17-9-14-7-4-8-20-14/h1-8,11-12,15,17H,9-10H2. The van der Waals surface area contributed by atoms with Gasteiger partial charge in [0, 0.05) is 11.4 Å². The van der Waals surface area contributed by atoms with Crippen LogP contribution in [0.25, 0.3) is 0 Å². The molecule has 2 heterocycles. The number of rotatable bonds is 6. The van der Waals surface area contributed by atoms with Crippen molar-refractivity contribution in [2.24, 2.45) is 0 Å². The molecule has 3 rings (SSSR count). The molecule has 5 heteroatoms. The van der Waals surface area contributed by atoms with E-state index in [-0.39, 0.29) is 6.04 Å². The highest BCUT2D eigenvalue weighted by atomic mass is 32.1. The molecule has 1 atom stereocenters. The Labute approximate surface area is 122 Å². The highest BCUT2D eigenvalue weighted by Gasteiger charge is 2.12. The Morgan fingerprint density at radius 1 is 1.15 bits per heavy atom. The fraction of sp³-hybridized carbons (Fsp3) is 0.200. The summed E-state index contributed by atoms with van der Waals surface area (Å²) in [5, 5.41) is 9.90. The summed E-state index contributed by atoms with van der Waals surface area (Å²) >= 11 is 1.77. The number of benzene rings is 1. The largest absolute Gasteiger partial charge is 0.303 e. The van der Waals surface area contributed by atoms with Crippen molar-refractivity contribution >= 4 is 11.3 Å². The molecule has 0 amide bonds. The van der Waals surface area contributed by atoms with Gasteiger partial charge < -0.3 is 5.32 Å². The molecule has 102 valence electrons. The van der Waals surface area contributed by atoms with Crippen molar-refractivity contribution in [2.45, 2.75) is 19.1 Å². The summed E-state index contributed by atoms with van der Waals surface area (Å²) in [6.45, 7) is 1.64. The van der Waals surface area contributed by atoms with Crippen LogP contribution in [0.4, 0.5) is 0 Å². The predicted molar refractivity (Wildman–Crippen MR) is 80.4 cm³/mol. The van der Waals surface area contributed by atoms with E-state index in [4.69, 9.17) is 0 Å². The molecule has 4 nitrogen and oxygen atoms in total. The summed E-state index contributed by atoms with van der Waals surface area (Å²) in [6, 6.07) is 14.9. The monoisotopic (exact) mass is 284 g/mol. The fourth-order valence-corrected chi connectivity index (χ4v) is 2.78. The van der Waals surface area contributed by atoms with Crippen LogP contribution in [-0.4, -0.2) is 14.8 Å². The Kier molecular flexibility index (Phi) is 4.20. The van der Waals surface area contributed by atoms with E-state index in [2.05, 4.69) is 57.2 Å². The van der Waals surface area contributed by atoms with Crippen LogP contribution in [0, 0.1) is 0 Å². The van der Waals surface area contributed by atoms with Gasteiger partial charge in [0.1, 0.15) is 12.7 Å². The molecule has 0 aliphatic rings. The van der Waals surface area contributed by atoms with E-state index in [1.807, 2.05) is 10.7 Å². The van der Waals surface area contributed by atoms with Crippen LogP contribution >= 0.6 is 11.3 Å². The summed E-state index contributed by atoms with van der Waals surface area (Å²) in [7, 11) is 0. The molecular weight excluding hydrogens is 268 g/mol. The maximum absolute atomic E-state index is 4.19. The summed E-state index contributed by atoms with van der Waals surface area (Å²) in [5.74, 6) is 0. The van der Waals surface area contributed by atoms with Crippen molar-refractivity contribution < 1.29 is 0 Å². The zero-order chi connectivity index (χ0) is 13.6. The molecule has 0 fully saturated rings. The van der Waals surface area contributed by atoms with Crippen molar-refractivity contribution in [2.75, 3.05) is 0 Å².